The van der Waals surface area contributed by atoms with Gasteiger partial charge in [0.2, 0.25) is 5.91 Å². The molecule has 0 spiro atoms. The van der Waals surface area contributed by atoms with Gasteiger partial charge < -0.3 is 9.73 Å². The highest BCUT2D eigenvalue weighted by Gasteiger charge is 2.19. The van der Waals surface area contributed by atoms with Gasteiger partial charge in [-0.05, 0) is 56.5 Å². The van der Waals surface area contributed by atoms with E-state index >= 15 is 0 Å². The van der Waals surface area contributed by atoms with Crippen LogP contribution >= 0.6 is 11.8 Å². The van der Waals surface area contributed by atoms with Gasteiger partial charge in [0, 0.05) is 11.6 Å². The van der Waals surface area contributed by atoms with Crippen molar-refractivity contribution in [3.05, 3.63) is 72.2 Å². The van der Waals surface area contributed by atoms with Gasteiger partial charge in [0.15, 0.2) is 5.76 Å². The number of benzene rings is 2. The second-order valence-corrected chi connectivity index (χ2v) is 7.98. The van der Waals surface area contributed by atoms with Crippen molar-refractivity contribution in [1.29, 1.82) is 0 Å². The van der Waals surface area contributed by atoms with Gasteiger partial charge in [-0.1, -0.05) is 42.1 Å². The summed E-state index contributed by atoms with van der Waals surface area (Å²) in [5, 5.41) is 3.13. The smallest absolute Gasteiger partial charge is 0.256 e. The number of amides is 1. The molecule has 0 radical (unpaired) electrons. The number of carbonyl (C=O) groups is 1. The number of aromatic nitrogens is 1. The fourth-order valence-corrected chi connectivity index (χ4v) is 3.45. The lowest BCUT2D eigenvalue weighted by atomic mass is 10.1. The summed E-state index contributed by atoms with van der Waals surface area (Å²) < 4.78 is 18.7. The average Bonchev–Trinajstić information content (AvgIpc) is 3.16. The number of nitrogens with zero attached hydrogens (tertiary/aromatic N) is 1. The third-order valence-electron chi connectivity index (χ3n) is 4.36. The second kappa shape index (κ2) is 9.55. The van der Waals surface area contributed by atoms with Crippen molar-refractivity contribution in [2.75, 3.05) is 0 Å². The molecule has 6 heteroatoms. The fourth-order valence-electron chi connectivity index (χ4n) is 2.73. The maximum absolute atomic E-state index is 13.0. The summed E-state index contributed by atoms with van der Waals surface area (Å²) >= 11 is 1.26. The van der Waals surface area contributed by atoms with Gasteiger partial charge >= 0.3 is 0 Å². The number of thioether (sulfide) groups is 1. The minimum atomic E-state index is -0.334. The Hall–Kier alpha value is -2.60. The van der Waals surface area contributed by atoms with Gasteiger partial charge in [0.25, 0.3) is 5.22 Å². The van der Waals surface area contributed by atoms with Gasteiger partial charge in [-0.2, -0.15) is 0 Å². The lowest BCUT2D eigenvalue weighted by Gasteiger charge is -2.16. The van der Waals surface area contributed by atoms with Crippen LogP contribution in [0.25, 0.3) is 11.3 Å². The first kappa shape index (κ1) is 20.1. The van der Waals surface area contributed by atoms with E-state index in [1.807, 2.05) is 32.0 Å². The summed E-state index contributed by atoms with van der Waals surface area (Å²) in [5.74, 6) is 0.197. The highest BCUT2D eigenvalue weighted by Crippen LogP contribution is 2.28. The van der Waals surface area contributed by atoms with Crippen LogP contribution < -0.4 is 5.32 Å². The fraction of sp³-hybridized carbons (Fsp3) is 0.273. The van der Waals surface area contributed by atoms with Crippen molar-refractivity contribution >= 4 is 17.7 Å². The predicted octanol–water partition coefficient (Wildman–Crippen LogP) is 5.10. The summed E-state index contributed by atoms with van der Waals surface area (Å²) in [7, 11) is 0. The molecule has 0 saturated heterocycles. The number of carbonyl (C=O) groups excluding carboxylic acids is 1. The van der Waals surface area contributed by atoms with Crippen molar-refractivity contribution in [1.82, 2.24) is 10.3 Å². The largest absolute Gasteiger partial charge is 0.431 e. The molecule has 3 rings (SSSR count). The van der Waals surface area contributed by atoms with Gasteiger partial charge in [-0.15, -0.1) is 0 Å². The molecular weight excluding hydrogens is 375 g/mol. The molecule has 146 valence electrons. The van der Waals surface area contributed by atoms with E-state index in [4.69, 9.17) is 4.42 Å². The van der Waals surface area contributed by atoms with E-state index < -0.39 is 0 Å². The Morgan fingerprint density at radius 3 is 2.57 bits per heavy atom. The van der Waals surface area contributed by atoms with Crippen LogP contribution in [0.5, 0.6) is 0 Å². The van der Waals surface area contributed by atoms with E-state index in [1.54, 1.807) is 18.3 Å². The van der Waals surface area contributed by atoms with E-state index in [0.29, 0.717) is 11.0 Å². The average molecular weight is 399 g/mol. The number of oxazole rings is 1. The normalized spacial score (nSPS) is 13.1. The number of hydrogen-bond donors (Lipinski definition) is 1. The van der Waals surface area contributed by atoms with Crippen LogP contribution in [0.2, 0.25) is 0 Å². The molecule has 1 aromatic heterocycles. The zero-order valence-corrected chi connectivity index (χ0v) is 16.7. The molecule has 1 heterocycles. The molecule has 1 N–H and O–H groups in total. The molecule has 2 aromatic carbocycles. The standard InChI is InChI=1S/C22H23FN2O2S/c1-15(8-9-17-6-4-3-5-7-17)25-21(26)16(2)28-22-24-14-20(27-22)18-10-12-19(23)13-11-18/h3-7,10-16H,8-9H2,1-2H3,(H,25,26). The molecule has 3 aromatic rings. The molecule has 0 saturated carbocycles. The molecule has 0 aliphatic heterocycles. The van der Waals surface area contributed by atoms with Crippen molar-refractivity contribution in [3.63, 3.8) is 0 Å². The Morgan fingerprint density at radius 1 is 1.14 bits per heavy atom. The Balaban J connectivity index is 1.49. The maximum atomic E-state index is 13.0. The van der Waals surface area contributed by atoms with E-state index in [-0.39, 0.29) is 23.0 Å². The summed E-state index contributed by atoms with van der Waals surface area (Å²) in [4.78, 5) is 16.7. The van der Waals surface area contributed by atoms with Crippen molar-refractivity contribution < 1.29 is 13.6 Å². The van der Waals surface area contributed by atoms with E-state index in [0.717, 1.165) is 18.4 Å². The van der Waals surface area contributed by atoms with Crippen LogP contribution in [-0.2, 0) is 11.2 Å². The Kier molecular flexibility index (Phi) is 6.87. The molecule has 4 nitrogen and oxygen atoms in total. The molecular formula is C22H23FN2O2S. The topological polar surface area (TPSA) is 55.1 Å². The number of hydrogen-bond acceptors (Lipinski definition) is 4. The van der Waals surface area contributed by atoms with Crippen molar-refractivity contribution in [3.8, 4) is 11.3 Å². The quantitative estimate of drug-likeness (QED) is 0.537. The van der Waals surface area contributed by atoms with Crippen LogP contribution in [0.4, 0.5) is 4.39 Å². The Labute approximate surface area is 168 Å². The van der Waals surface area contributed by atoms with Gasteiger partial charge in [0.1, 0.15) is 5.82 Å². The highest BCUT2D eigenvalue weighted by atomic mass is 32.2. The Bertz CT molecular complexity index is 896. The highest BCUT2D eigenvalue weighted by molar-refractivity contribution is 8.00. The SMILES string of the molecule is CC(CCc1ccccc1)NC(=O)C(C)Sc1ncc(-c2ccc(F)cc2)o1. The van der Waals surface area contributed by atoms with E-state index in [1.165, 1.54) is 29.5 Å². The van der Waals surface area contributed by atoms with Gasteiger partial charge in [-0.3, -0.25) is 4.79 Å². The number of rotatable bonds is 8. The van der Waals surface area contributed by atoms with Gasteiger partial charge in [-0.25, -0.2) is 9.37 Å². The van der Waals surface area contributed by atoms with E-state index in [2.05, 4.69) is 22.4 Å². The minimum Gasteiger partial charge on any atom is -0.431 e. The summed E-state index contributed by atoms with van der Waals surface area (Å²) in [5.41, 5.74) is 2.01. The van der Waals surface area contributed by atoms with E-state index in [9.17, 15) is 9.18 Å². The summed E-state index contributed by atoms with van der Waals surface area (Å²) in [6.07, 6.45) is 3.38. The minimum absolute atomic E-state index is 0.0490. The summed E-state index contributed by atoms with van der Waals surface area (Å²) in [6.45, 7) is 3.84. The molecule has 0 bridgehead atoms. The molecule has 2 unspecified atom stereocenters. The summed E-state index contributed by atoms with van der Waals surface area (Å²) in [6, 6.07) is 16.3. The van der Waals surface area contributed by atoms with Crippen LogP contribution in [0.1, 0.15) is 25.8 Å². The Morgan fingerprint density at radius 2 is 1.86 bits per heavy atom. The molecule has 0 fully saturated rings. The first-order valence-corrected chi connectivity index (χ1v) is 10.1. The number of nitrogens with one attached hydrogen (secondary N) is 1. The number of halogens is 1. The molecule has 0 aliphatic carbocycles. The maximum Gasteiger partial charge on any atom is 0.256 e. The lowest BCUT2D eigenvalue weighted by Crippen LogP contribution is -2.37. The molecule has 28 heavy (non-hydrogen) atoms. The first-order valence-electron chi connectivity index (χ1n) is 9.24. The van der Waals surface area contributed by atoms with Crippen LogP contribution in [0.3, 0.4) is 0 Å². The lowest BCUT2D eigenvalue weighted by molar-refractivity contribution is -0.120. The van der Waals surface area contributed by atoms with Crippen molar-refractivity contribution in [2.24, 2.45) is 0 Å². The number of aryl methyl sites for hydroxylation is 1. The first-order chi connectivity index (χ1) is 13.5. The molecule has 1 amide bonds. The van der Waals surface area contributed by atoms with Gasteiger partial charge in [0.05, 0.1) is 11.4 Å². The molecule has 2 atom stereocenters. The molecule has 0 aliphatic rings. The zero-order chi connectivity index (χ0) is 19.9. The van der Waals surface area contributed by atoms with Crippen LogP contribution in [-0.4, -0.2) is 22.2 Å². The third-order valence-corrected chi connectivity index (χ3v) is 5.32. The monoisotopic (exact) mass is 398 g/mol. The predicted molar refractivity (Wildman–Crippen MR) is 110 cm³/mol. The van der Waals surface area contributed by atoms with Crippen LogP contribution in [0, 0.1) is 5.82 Å². The second-order valence-electron chi connectivity index (χ2n) is 6.69. The van der Waals surface area contributed by atoms with Crippen molar-refractivity contribution in [2.45, 2.75) is 43.2 Å². The zero-order valence-electron chi connectivity index (χ0n) is 15.9. The third kappa shape index (κ3) is 5.70. The van der Waals surface area contributed by atoms with Crippen LogP contribution in [0.15, 0.2) is 70.4 Å².